The maximum absolute atomic E-state index is 12.2. The van der Waals surface area contributed by atoms with Gasteiger partial charge in [0.1, 0.15) is 0 Å². The molecule has 0 aliphatic carbocycles. The zero-order chi connectivity index (χ0) is 26.0. The van der Waals surface area contributed by atoms with E-state index in [0.29, 0.717) is 15.7 Å². The fraction of sp³-hybridized carbons (Fsp3) is 0.111. The van der Waals surface area contributed by atoms with Crippen LogP contribution in [0.4, 0.5) is 11.4 Å². The Bertz CT molecular complexity index is 1350. The molecule has 17 heteroatoms. The Morgan fingerprint density at radius 3 is 1.54 bits per heavy atom. The van der Waals surface area contributed by atoms with Gasteiger partial charge in [-0.25, -0.2) is 35.7 Å². The van der Waals surface area contributed by atoms with Crippen LogP contribution < -0.4 is 18.9 Å². The maximum Gasteiger partial charge on any atom is 0.238 e. The molecule has 0 radical (unpaired) electrons. The lowest BCUT2D eigenvalue weighted by atomic mass is 10.3. The van der Waals surface area contributed by atoms with Crippen molar-refractivity contribution < 1.29 is 26.4 Å². The van der Waals surface area contributed by atoms with Crippen molar-refractivity contribution in [1.82, 2.24) is 9.36 Å². The highest BCUT2D eigenvalue weighted by Gasteiger charge is 2.21. The molecule has 1 heterocycles. The summed E-state index contributed by atoms with van der Waals surface area (Å²) in [7, 11) is -7.75. The summed E-state index contributed by atoms with van der Waals surface area (Å²) >= 11 is 2.87. The number of benzene rings is 2. The van der Waals surface area contributed by atoms with Crippen LogP contribution >= 0.6 is 35.4 Å². The Labute approximate surface area is 214 Å². The fourth-order valence-electron chi connectivity index (χ4n) is 2.57. The van der Waals surface area contributed by atoms with Crippen molar-refractivity contribution >= 4 is 78.7 Å². The van der Waals surface area contributed by atoms with Crippen LogP contribution in [0.1, 0.15) is 13.8 Å². The molecule has 0 aliphatic rings. The van der Waals surface area contributed by atoms with E-state index in [0.717, 1.165) is 35.4 Å². The highest BCUT2D eigenvalue weighted by molar-refractivity contribution is 8.03. The molecule has 12 nitrogen and oxygen atoms in total. The molecule has 0 spiro atoms. The average molecular weight is 575 g/mol. The van der Waals surface area contributed by atoms with E-state index in [1.54, 1.807) is 0 Å². The van der Waals surface area contributed by atoms with Gasteiger partial charge in [-0.05, 0) is 60.1 Å². The Morgan fingerprint density at radius 2 is 1.17 bits per heavy atom. The number of hydrogen-bond donors (Lipinski definition) is 2. The first kappa shape index (κ1) is 27.1. The van der Waals surface area contributed by atoms with Crippen molar-refractivity contribution in [2.75, 3.05) is 8.61 Å². The van der Waals surface area contributed by atoms with Crippen LogP contribution in [-0.2, 0) is 29.6 Å². The number of rotatable bonds is 8. The maximum atomic E-state index is 12.2. The van der Waals surface area contributed by atoms with E-state index in [1.165, 1.54) is 71.0 Å². The first-order valence-corrected chi connectivity index (χ1v) is 14.7. The number of carbonyl (C=O) groups is 2. The van der Waals surface area contributed by atoms with Gasteiger partial charge in [0.2, 0.25) is 37.0 Å². The molecule has 0 aliphatic heterocycles. The Balaban J connectivity index is 1.78. The molecule has 2 aromatic carbocycles. The second-order valence-corrected chi connectivity index (χ2v) is 12.7. The van der Waals surface area contributed by atoms with E-state index in [1.807, 2.05) is 0 Å². The van der Waals surface area contributed by atoms with Gasteiger partial charge < -0.3 is 0 Å². The number of anilines is 2. The van der Waals surface area contributed by atoms with E-state index in [-0.39, 0.29) is 26.8 Å². The molecule has 4 N–H and O–H groups in total. The first-order valence-electron chi connectivity index (χ1n) is 9.32. The van der Waals surface area contributed by atoms with E-state index >= 15 is 0 Å². The lowest BCUT2D eigenvalue weighted by Crippen LogP contribution is -2.21. The lowest BCUT2D eigenvalue weighted by Gasteiger charge is -2.18. The van der Waals surface area contributed by atoms with Crippen LogP contribution in [0.3, 0.4) is 0 Å². The highest BCUT2D eigenvalue weighted by Crippen LogP contribution is 2.34. The van der Waals surface area contributed by atoms with Crippen LogP contribution in [0.2, 0.25) is 0 Å². The number of nitrogens with two attached hydrogens (primary N) is 2. The summed E-state index contributed by atoms with van der Waals surface area (Å²) in [6, 6.07) is 10.9. The molecule has 186 valence electrons. The van der Waals surface area contributed by atoms with Crippen molar-refractivity contribution in [2.24, 2.45) is 10.3 Å². The Kier molecular flexibility index (Phi) is 8.20. The summed E-state index contributed by atoms with van der Waals surface area (Å²) in [6.45, 7) is 2.66. The zero-order valence-electron chi connectivity index (χ0n) is 18.1. The van der Waals surface area contributed by atoms with E-state index in [2.05, 4.69) is 9.36 Å². The van der Waals surface area contributed by atoms with Crippen molar-refractivity contribution in [3.8, 4) is 0 Å². The number of aromatic nitrogens is 2. The first-order chi connectivity index (χ1) is 16.3. The van der Waals surface area contributed by atoms with E-state index in [4.69, 9.17) is 10.3 Å². The molecule has 0 saturated heterocycles. The Hall–Kier alpha value is -2.54. The number of hydrogen-bond acceptors (Lipinski definition) is 11. The minimum absolute atomic E-state index is 0.0919. The normalized spacial score (nSPS) is 11.8. The van der Waals surface area contributed by atoms with Crippen LogP contribution in [0.5, 0.6) is 0 Å². The molecular weight excluding hydrogens is 557 g/mol. The molecule has 35 heavy (non-hydrogen) atoms. The third kappa shape index (κ3) is 7.00. The largest absolute Gasteiger partial charge is 0.274 e. The quantitative estimate of drug-likeness (QED) is 0.376. The summed E-state index contributed by atoms with van der Waals surface area (Å²) in [4.78, 5) is 28.5. The predicted octanol–water partition coefficient (Wildman–Crippen LogP) is 1.95. The molecular formula is C18H18N6O6S5. The summed E-state index contributed by atoms with van der Waals surface area (Å²) in [6.07, 6.45) is 0. The average Bonchev–Trinajstić information content (AvgIpc) is 3.22. The second-order valence-electron chi connectivity index (χ2n) is 6.73. The fourth-order valence-corrected chi connectivity index (χ4v) is 6.05. The molecule has 0 fully saturated rings. The van der Waals surface area contributed by atoms with Crippen molar-refractivity contribution in [2.45, 2.75) is 33.1 Å². The Morgan fingerprint density at radius 1 is 0.771 bits per heavy atom. The minimum atomic E-state index is -3.88. The van der Waals surface area contributed by atoms with Crippen LogP contribution in [0.25, 0.3) is 0 Å². The standard InChI is InChI=1S/C18H18N6O6S5/c1-11(25)23(13-3-7-15(8-4-13)34(19,27)28)32-17-21-18(31-22-17)33-24(12(2)26)14-5-9-16(10-6-14)35(20,29)30/h3-10H,1-2H3,(H2,19,27,28)(H2,20,29,30). The van der Waals surface area contributed by atoms with E-state index < -0.39 is 20.0 Å². The zero-order valence-corrected chi connectivity index (χ0v) is 22.1. The van der Waals surface area contributed by atoms with Crippen molar-refractivity contribution in [1.29, 1.82) is 0 Å². The van der Waals surface area contributed by atoms with Gasteiger partial charge in [0.15, 0.2) is 4.34 Å². The molecule has 0 atom stereocenters. The minimum Gasteiger partial charge on any atom is -0.274 e. The molecule has 0 saturated carbocycles. The molecule has 0 unspecified atom stereocenters. The number of sulfonamides is 2. The van der Waals surface area contributed by atoms with Gasteiger partial charge in [0, 0.05) is 37.7 Å². The smallest absolute Gasteiger partial charge is 0.238 e. The highest BCUT2D eigenvalue weighted by atomic mass is 32.2. The summed E-state index contributed by atoms with van der Waals surface area (Å²) in [5.74, 6) is -0.703. The molecule has 1 aromatic heterocycles. The topological polar surface area (TPSA) is 187 Å². The third-order valence-corrected chi connectivity index (χ3v) is 8.93. The monoisotopic (exact) mass is 574 g/mol. The molecule has 3 aromatic rings. The predicted molar refractivity (Wildman–Crippen MR) is 134 cm³/mol. The van der Waals surface area contributed by atoms with Crippen molar-refractivity contribution in [3.63, 3.8) is 0 Å². The third-order valence-electron chi connectivity index (χ3n) is 4.10. The molecule has 2 amide bonds. The van der Waals surface area contributed by atoms with Gasteiger partial charge >= 0.3 is 0 Å². The van der Waals surface area contributed by atoms with Gasteiger partial charge in [-0.1, -0.05) is 0 Å². The van der Waals surface area contributed by atoms with Gasteiger partial charge in [-0.3, -0.25) is 9.59 Å². The van der Waals surface area contributed by atoms with Crippen LogP contribution in [0, 0.1) is 0 Å². The second kappa shape index (κ2) is 10.6. The van der Waals surface area contributed by atoms with Crippen LogP contribution in [-0.4, -0.2) is 38.0 Å². The number of carbonyl (C=O) groups excluding carboxylic acids is 2. The SMILES string of the molecule is CC(=O)N(Sc1nsc(SN(C(C)=O)c2ccc(S(N)(=O)=O)cc2)n1)c1ccc(S(N)(=O)=O)cc1. The lowest BCUT2D eigenvalue weighted by molar-refractivity contribution is -0.116. The number of amides is 2. The molecule has 0 bridgehead atoms. The van der Waals surface area contributed by atoms with Gasteiger partial charge in [0.25, 0.3) is 0 Å². The summed E-state index contributed by atoms with van der Waals surface area (Å²) in [5, 5.41) is 10.4. The number of nitrogens with zero attached hydrogens (tertiary/aromatic N) is 4. The van der Waals surface area contributed by atoms with Gasteiger partial charge in [0.05, 0.1) is 21.2 Å². The van der Waals surface area contributed by atoms with Gasteiger partial charge in [-0.2, -0.15) is 9.36 Å². The van der Waals surface area contributed by atoms with Gasteiger partial charge in [-0.15, -0.1) is 0 Å². The van der Waals surface area contributed by atoms with Crippen molar-refractivity contribution in [3.05, 3.63) is 48.5 Å². The summed E-state index contributed by atoms with van der Waals surface area (Å²) < 4.78 is 53.0. The number of primary sulfonamides is 2. The van der Waals surface area contributed by atoms with Crippen LogP contribution in [0.15, 0.2) is 67.8 Å². The summed E-state index contributed by atoms with van der Waals surface area (Å²) in [5.41, 5.74) is 0.791. The molecule has 3 rings (SSSR count). The van der Waals surface area contributed by atoms with E-state index in [9.17, 15) is 26.4 Å².